The van der Waals surface area contributed by atoms with Crippen LogP contribution in [-0.2, 0) is 11.2 Å². The molecule has 4 heteroatoms. The van der Waals surface area contributed by atoms with Gasteiger partial charge in [0.05, 0.1) is 20.6 Å². The summed E-state index contributed by atoms with van der Waals surface area (Å²) in [7, 11) is 3.21. The van der Waals surface area contributed by atoms with Gasteiger partial charge in [-0.05, 0) is 30.5 Å². The van der Waals surface area contributed by atoms with E-state index in [9.17, 15) is 4.79 Å². The zero-order valence-electron chi connectivity index (χ0n) is 12.9. The van der Waals surface area contributed by atoms with E-state index in [1.165, 1.54) is 0 Å². The Morgan fingerprint density at radius 1 is 1.05 bits per heavy atom. The number of ether oxygens (including phenoxy) is 2. The zero-order valence-corrected chi connectivity index (χ0v) is 12.9. The maximum Gasteiger partial charge on any atom is 0.226 e. The minimum Gasteiger partial charge on any atom is -0.493 e. The minimum atomic E-state index is 0.168. The van der Waals surface area contributed by atoms with Gasteiger partial charge >= 0.3 is 0 Å². The molecule has 0 unspecified atom stereocenters. The minimum absolute atomic E-state index is 0.168. The Labute approximate surface area is 121 Å². The predicted molar refractivity (Wildman–Crippen MR) is 80.4 cm³/mol. The van der Waals surface area contributed by atoms with Crippen molar-refractivity contribution >= 4 is 5.91 Å². The fraction of sp³-hybridized carbons (Fsp3) is 0.562. The number of hydrogen-bond acceptors (Lipinski definition) is 3. The van der Waals surface area contributed by atoms with Crippen molar-refractivity contribution in [2.45, 2.75) is 33.1 Å². The van der Waals surface area contributed by atoms with Crippen LogP contribution < -0.4 is 9.47 Å². The lowest BCUT2D eigenvalue weighted by atomic mass is 10.1. The highest BCUT2D eigenvalue weighted by atomic mass is 16.5. The normalized spacial score (nSPS) is 10.2. The fourth-order valence-corrected chi connectivity index (χ4v) is 2.18. The van der Waals surface area contributed by atoms with Crippen molar-refractivity contribution in [1.82, 2.24) is 4.90 Å². The molecular weight excluding hydrogens is 254 g/mol. The second kappa shape index (κ2) is 8.46. The topological polar surface area (TPSA) is 38.8 Å². The van der Waals surface area contributed by atoms with Crippen LogP contribution in [-0.4, -0.2) is 38.1 Å². The highest BCUT2D eigenvalue weighted by Gasteiger charge is 2.13. The second-order valence-corrected chi connectivity index (χ2v) is 4.75. The molecule has 1 aromatic carbocycles. The average Bonchev–Trinajstić information content (AvgIpc) is 2.46. The molecule has 112 valence electrons. The largest absolute Gasteiger partial charge is 0.493 e. The molecule has 1 aromatic rings. The van der Waals surface area contributed by atoms with Crippen LogP contribution in [0.4, 0.5) is 0 Å². The molecule has 4 nitrogen and oxygen atoms in total. The van der Waals surface area contributed by atoms with E-state index in [0.29, 0.717) is 17.9 Å². The Hall–Kier alpha value is -1.71. The Bertz CT molecular complexity index is 426. The third kappa shape index (κ3) is 4.44. The molecule has 1 rings (SSSR count). The first-order valence-corrected chi connectivity index (χ1v) is 7.14. The van der Waals surface area contributed by atoms with Crippen molar-refractivity contribution < 1.29 is 14.3 Å². The Kier molecular flexibility index (Phi) is 6.91. The molecule has 0 fully saturated rings. The van der Waals surface area contributed by atoms with Crippen LogP contribution in [0.25, 0.3) is 0 Å². The van der Waals surface area contributed by atoms with Crippen molar-refractivity contribution in [2.24, 2.45) is 0 Å². The number of benzene rings is 1. The Morgan fingerprint density at radius 3 is 2.15 bits per heavy atom. The molecule has 0 aromatic heterocycles. The lowest BCUT2D eigenvalue weighted by Crippen LogP contribution is -2.33. The van der Waals surface area contributed by atoms with Crippen LogP contribution in [0.15, 0.2) is 18.2 Å². The number of carbonyl (C=O) groups is 1. The zero-order chi connectivity index (χ0) is 15.0. The van der Waals surface area contributed by atoms with E-state index in [-0.39, 0.29) is 5.91 Å². The summed E-state index contributed by atoms with van der Waals surface area (Å²) in [5.41, 5.74) is 0.949. The van der Waals surface area contributed by atoms with Crippen LogP contribution >= 0.6 is 0 Å². The van der Waals surface area contributed by atoms with Crippen LogP contribution in [0, 0.1) is 0 Å². The summed E-state index contributed by atoms with van der Waals surface area (Å²) in [6, 6.07) is 5.62. The third-order valence-electron chi connectivity index (χ3n) is 3.14. The number of hydrogen-bond donors (Lipinski definition) is 0. The summed E-state index contributed by atoms with van der Waals surface area (Å²) in [5, 5.41) is 0. The van der Waals surface area contributed by atoms with E-state index in [2.05, 4.69) is 13.8 Å². The average molecular weight is 279 g/mol. The smallest absolute Gasteiger partial charge is 0.226 e. The van der Waals surface area contributed by atoms with Gasteiger partial charge in [-0.3, -0.25) is 4.79 Å². The molecular formula is C16H25NO3. The van der Waals surface area contributed by atoms with Gasteiger partial charge in [0.15, 0.2) is 11.5 Å². The molecule has 0 heterocycles. The number of methoxy groups -OCH3 is 2. The van der Waals surface area contributed by atoms with E-state index in [0.717, 1.165) is 31.5 Å². The molecule has 0 aliphatic rings. The van der Waals surface area contributed by atoms with Crippen molar-refractivity contribution in [2.75, 3.05) is 27.3 Å². The molecule has 0 saturated carbocycles. The lowest BCUT2D eigenvalue weighted by Gasteiger charge is -2.21. The van der Waals surface area contributed by atoms with Crippen molar-refractivity contribution in [3.05, 3.63) is 23.8 Å². The van der Waals surface area contributed by atoms with E-state index in [1.54, 1.807) is 14.2 Å². The quantitative estimate of drug-likeness (QED) is 0.734. The summed E-state index contributed by atoms with van der Waals surface area (Å²) >= 11 is 0. The monoisotopic (exact) mass is 279 g/mol. The summed E-state index contributed by atoms with van der Waals surface area (Å²) in [6.07, 6.45) is 2.37. The number of rotatable bonds is 8. The fourth-order valence-electron chi connectivity index (χ4n) is 2.18. The Balaban J connectivity index is 2.78. The van der Waals surface area contributed by atoms with Gasteiger partial charge in [-0.25, -0.2) is 0 Å². The second-order valence-electron chi connectivity index (χ2n) is 4.75. The van der Waals surface area contributed by atoms with Crippen LogP contribution in [0.2, 0.25) is 0 Å². The summed E-state index contributed by atoms with van der Waals surface area (Å²) in [5.74, 6) is 1.51. The summed E-state index contributed by atoms with van der Waals surface area (Å²) < 4.78 is 10.5. The molecule has 1 amide bonds. The van der Waals surface area contributed by atoms with E-state index < -0.39 is 0 Å². The van der Waals surface area contributed by atoms with E-state index >= 15 is 0 Å². The predicted octanol–water partition coefficient (Wildman–Crippen LogP) is 2.89. The molecule has 0 bridgehead atoms. The highest BCUT2D eigenvalue weighted by Crippen LogP contribution is 2.27. The maximum absolute atomic E-state index is 12.3. The van der Waals surface area contributed by atoms with Crippen molar-refractivity contribution in [1.29, 1.82) is 0 Å². The SMILES string of the molecule is CCCN(CCC)C(=O)Cc1ccc(OC)c(OC)c1. The molecule has 0 aliphatic heterocycles. The van der Waals surface area contributed by atoms with Gasteiger partial charge in [0.1, 0.15) is 0 Å². The number of carbonyl (C=O) groups excluding carboxylic acids is 1. The molecule has 20 heavy (non-hydrogen) atoms. The maximum atomic E-state index is 12.3. The highest BCUT2D eigenvalue weighted by molar-refractivity contribution is 5.79. The summed E-state index contributed by atoms with van der Waals surface area (Å²) in [6.45, 7) is 5.82. The molecule has 0 radical (unpaired) electrons. The van der Waals surface area contributed by atoms with Gasteiger partial charge in [-0.1, -0.05) is 19.9 Å². The molecule has 0 spiro atoms. The molecule has 0 atom stereocenters. The van der Waals surface area contributed by atoms with E-state index in [1.807, 2.05) is 23.1 Å². The standard InChI is InChI=1S/C16H25NO3/c1-5-9-17(10-6-2)16(18)12-13-7-8-14(19-3)15(11-13)20-4/h7-8,11H,5-6,9-10,12H2,1-4H3. The third-order valence-corrected chi connectivity index (χ3v) is 3.14. The van der Waals surface area contributed by atoms with Gasteiger partial charge in [-0.2, -0.15) is 0 Å². The van der Waals surface area contributed by atoms with Gasteiger partial charge in [0, 0.05) is 13.1 Å². The first kappa shape index (κ1) is 16.3. The molecule has 0 N–H and O–H groups in total. The number of nitrogens with zero attached hydrogens (tertiary/aromatic N) is 1. The van der Waals surface area contributed by atoms with Crippen LogP contribution in [0.5, 0.6) is 11.5 Å². The number of amides is 1. The Morgan fingerprint density at radius 2 is 1.65 bits per heavy atom. The molecule has 0 aliphatic carbocycles. The lowest BCUT2D eigenvalue weighted by molar-refractivity contribution is -0.130. The van der Waals surface area contributed by atoms with Crippen molar-refractivity contribution in [3.8, 4) is 11.5 Å². The van der Waals surface area contributed by atoms with E-state index in [4.69, 9.17) is 9.47 Å². The van der Waals surface area contributed by atoms with Crippen LogP contribution in [0.3, 0.4) is 0 Å². The summed E-state index contributed by atoms with van der Waals surface area (Å²) in [4.78, 5) is 14.2. The first-order chi connectivity index (χ1) is 9.65. The van der Waals surface area contributed by atoms with Gasteiger partial charge in [0.25, 0.3) is 0 Å². The van der Waals surface area contributed by atoms with Gasteiger partial charge in [-0.15, -0.1) is 0 Å². The van der Waals surface area contributed by atoms with Crippen molar-refractivity contribution in [3.63, 3.8) is 0 Å². The first-order valence-electron chi connectivity index (χ1n) is 7.14. The van der Waals surface area contributed by atoms with Crippen LogP contribution in [0.1, 0.15) is 32.3 Å². The van der Waals surface area contributed by atoms with Gasteiger partial charge < -0.3 is 14.4 Å². The molecule has 0 saturated heterocycles. The van der Waals surface area contributed by atoms with Gasteiger partial charge in [0.2, 0.25) is 5.91 Å².